The fourth-order valence-electron chi connectivity index (χ4n) is 3.33. The lowest BCUT2D eigenvalue weighted by Gasteiger charge is -2.22. The van der Waals surface area contributed by atoms with Gasteiger partial charge in [-0.2, -0.15) is 0 Å². The van der Waals surface area contributed by atoms with Crippen molar-refractivity contribution in [1.29, 1.82) is 0 Å². The number of hydrogen-bond acceptors (Lipinski definition) is 5. The van der Waals surface area contributed by atoms with E-state index >= 15 is 0 Å². The molecule has 22 heavy (non-hydrogen) atoms. The van der Waals surface area contributed by atoms with Crippen LogP contribution in [0.15, 0.2) is 6.07 Å². The Kier molecular flexibility index (Phi) is 4.26. The van der Waals surface area contributed by atoms with Crippen molar-refractivity contribution in [2.45, 2.75) is 56.5 Å². The van der Waals surface area contributed by atoms with Crippen LogP contribution >= 0.6 is 0 Å². The maximum Gasteiger partial charge on any atom is 0.134 e. The average Bonchev–Trinajstić information content (AvgIpc) is 3.30. The molecule has 0 spiro atoms. The zero-order chi connectivity index (χ0) is 14.8. The van der Waals surface area contributed by atoms with Gasteiger partial charge in [0.05, 0.1) is 6.10 Å². The lowest BCUT2D eigenvalue weighted by atomic mass is 9.96. The minimum Gasteiger partial charge on any atom is -0.381 e. The summed E-state index contributed by atoms with van der Waals surface area (Å²) in [7, 11) is 0. The van der Waals surface area contributed by atoms with Crippen molar-refractivity contribution >= 4 is 5.82 Å². The van der Waals surface area contributed by atoms with E-state index in [0.717, 1.165) is 57.3 Å². The normalized spacial score (nSPS) is 26.3. The molecule has 0 amide bonds. The SMILES string of the molecule is c1c(NCC2CCCO2)nc(C2CC2)nc1C1CCOCC1. The average molecular weight is 303 g/mol. The molecular weight excluding hydrogens is 278 g/mol. The molecular formula is C17H25N3O2. The molecule has 2 saturated heterocycles. The Hall–Kier alpha value is -1.20. The fourth-order valence-corrected chi connectivity index (χ4v) is 3.33. The van der Waals surface area contributed by atoms with E-state index in [1.807, 2.05) is 0 Å². The van der Waals surface area contributed by atoms with Gasteiger partial charge in [0.2, 0.25) is 0 Å². The van der Waals surface area contributed by atoms with Crippen molar-refractivity contribution in [3.05, 3.63) is 17.6 Å². The smallest absolute Gasteiger partial charge is 0.134 e. The van der Waals surface area contributed by atoms with Crippen molar-refractivity contribution in [2.75, 3.05) is 31.7 Å². The van der Waals surface area contributed by atoms with E-state index in [2.05, 4.69) is 11.4 Å². The first kappa shape index (κ1) is 14.4. The molecule has 120 valence electrons. The lowest BCUT2D eigenvalue weighted by Crippen LogP contribution is -2.20. The van der Waals surface area contributed by atoms with Gasteiger partial charge in [0.15, 0.2) is 0 Å². The molecule has 3 heterocycles. The van der Waals surface area contributed by atoms with Crippen LogP contribution in [0.3, 0.4) is 0 Å². The molecule has 5 heteroatoms. The highest BCUT2D eigenvalue weighted by atomic mass is 16.5. The van der Waals surface area contributed by atoms with Crippen molar-refractivity contribution in [1.82, 2.24) is 9.97 Å². The minimum atomic E-state index is 0.339. The van der Waals surface area contributed by atoms with Crippen LogP contribution < -0.4 is 5.32 Å². The molecule has 4 rings (SSSR count). The van der Waals surface area contributed by atoms with E-state index < -0.39 is 0 Å². The van der Waals surface area contributed by atoms with Crippen LogP contribution in [-0.2, 0) is 9.47 Å². The summed E-state index contributed by atoms with van der Waals surface area (Å²) >= 11 is 0. The van der Waals surface area contributed by atoms with Gasteiger partial charge < -0.3 is 14.8 Å². The molecule has 1 aromatic heterocycles. The second-order valence-electron chi connectivity index (χ2n) is 6.71. The quantitative estimate of drug-likeness (QED) is 0.906. The maximum absolute atomic E-state index is 5.69. The minimum absolute atomic E-state index is 0.339. The number of anilines is 1. The van der Waals surface area contributed by atoms with Crippen LogP contribution in [0.4, 0.5) is 5.82 Å². The molecule has 1 aliphatic carbocycles. The van der Waals surface area contributed by atoms with Crippen molar-refractivity contribution in [3.63, 3.8) is 0 Å². The first-order valence-corrected chi connectivity index (χ1v) is 8.70. The lowest BCUT2D eigenvalue weighted by molar-refractivity contribution is 0.0844. The van der Waals surface area contributed by atoms with Crippen LogP contribution in [0.25, 0.3) is 0 Å². The summed E-state index contributed by atoms with van der Waals surface area (Å²) in [5, 5.41) is 3.48. The van der Waals surface area contributed by atoms with Crippen LogP contribution in [0.1, 0.15) is 61.9 Å². The molecule has 0 bridgehead atoms. The molecule has 0 radical (unpaired) electrons. The molecule has 1 N–H and O–H groups in total. The van der Waals surface area contributed by atoms with Crippen LogP contribution in [-0.4, -0.2) is 42.4 Å². The van der Waals surface area contributed by atoms with Gasteiger partial charge in [-0.25, -0.2) is 9.97 Å². The summed E-state index contributed by atoms with van der Waals surface area (Å²) in [6.07, 6.45) is 7.30. The second kappa shape index (κ2) is 6.50. The van der Waals surface area contributed by atoms with Gasteiger partial charge in [-0.1, -0.05) is 0 Å². The van der Waals surface area contributed by atoms with Gasteiger partial charge >= 0.3 is 0 Å². The molecule has 2 aliphatic heterocycles. The molecule has 1 atom stereocenters. The third-order valence-electron chi connectivity index (χ3n) is 4.88. The van der Waals surface area contributed by atoms with Gasteiger partial charge in [0.25, 0.3) is 0 Å². The maximum atomic E-state index is 5.69. The Morgan fingerprint density at radius 1 is 1.00 bits per heavy atom. The first-order valence-electron chi connectivity index (χ1n) is 8.70. The van der Waals surface area contributed by atoms with Gasteiger partial charge in [-0.3, -0.25) is 0 Å². The van der Waals surface area contributed by atoms with E-state index in [1.165, 1.54) is 25.0 Å². The number of hydrogen-bond donors (Lipinski definition) is 1. The Morgan fingerprint density at radius 2 is 1.86 bits per heavy atom. The number of nitrogens with zero attached hydrogens (tertiary/aromatic N) is 2. The van der Waals surface area contributed by atoms with Crippen molar-refractivity contribution < 1.29 is 9.47 Å². The summed E-state index contributed by atoms with van der Waals surface area (Å²) in [6, 6.07) is 2.15. The molecule has 0 aromatic carbocycles. The third kappa shape index (κ3) is 3.41. The van der Waals surface area contributed by atoms with E-state index in [0.29, 0.717) is 17.9 Å². The molecule has 1 unspecified atom stereocenters. The predicted octanol–water partition coefficient (Wildman–Crippen LogP) is 2.84. The largest absolute Gasteiger partial charge is 0.381 e. The first-order chi connectivity index (χ1) is 10.9. The topological polar surface area (TPSA) is 56.3 Å². The van der Waals surface area contributed by atoms with Crippen molar-refractivity contribution in [2.24, 2.45) is 0 Å². The van der Waals surface area contributed by atoms with Crippen LogP contribution in [0.2, 0.25) is 0 Å². The zero-order valence-electron chi connectivity index (χ0n) is 13.1. The number of rotatable bonds is 5. The number of aromatic nitrogens is 2. The Balaban J connectivity index is 1.49. The zero-order valence-corrected chi connectivity index (χ0v) is 13.1. The molecule has 5 nitrogen and oxygen atoms in total. The predicted molar refractivity (Wildman–Crippen MR) is 84.3 cm³/mol. The van der Waals surface area contributed by atoms with Gasteiger partial charge in [-0.15, -0.1) is 0 Å². The Labute approximate surface area is 131 Å². The molecule has 1 saturated carbocycles. The number of ether oxygens (including phenoxy) is 2. The number of nitrogens with one attached hydrogen (secondary N) is 1. The van der Waals surface area contributed by atoms with E-state index in [1.54, 1.807) is 0 Å². The summed E-state index contributed by atoms with van der Waals surface area (Å²) in [5.41, 5.74) is 1.20. The highest BCUT2D eigenvalue weighted by Gasteiger charge is 2.29. The van der Waals surface area contributed by atoms with E-state index in [-0.39, 0.29) is 0 Å². The fraction of sp³-hybridized carbons (Fsp3) is 0.765. The van der Waals surface area contributed by atoms with Crippen LogP contribution in [0.5, 0.6) is 0 Å². The summed E-state index contributed by atoms with van der Waals surface area (Å²) in [5.74, 6) is 3.13. The monoisotopic (exact) mass is 303 g/mol. The molecule has 1 aromatic rings. The van der Waals surface area contributed by atoms with E-state index in [9.17, 15) is 0 Å². The van der Waals surface area contributed by atoms with Gasteiger partial charge in [0, 0.05) is 50.0 Å². The molecule has 3 aliphatic rings. The summed E-state index contributed by atoms with van der Waals surface area (Å²) < 4.78 is 11.2. The Morgan fingerprint density at radius 3 is 2.59 bits per heavy atom. The third-order valence-corrected chi connectivity index (χ3v) is 4.88. The second-order valence-corrected chi connectivity index (χ2v) is 6.71. The standard InChI is InChI=1S/C17H25N3O2/c1-2-14(22-7-1)11-18-16-10-15(12-5-8-21-9-6-12)19-17(20-16)13-3-4-13/h10,12-14H,1-9,11H2,(H,18,19,20). The van der Waals surface area contributed by atoms with Crippen LogP contribution in [0, 0.1) is 0 Å². The Bertz CT molecular complexity index is 507. The highest BCUT2D eigenvalue weighted by molar-refractivity contribution is 5.38. The van der Waals surface area contributed by atoms with E-state index in [4.69, 9.17) is 19.4 Å². The van der Waals surface area contributed by atoms with Crippen molar-refractivity contribution in [3.8, 4) is 0 Å². The van der Waals surface area contributed by atoms with Gasteiger partial charge in [0.1, 0.15) is 11.6 Å². The summed E-state index contributed by atoms with van der Waals surface area (Å²) in [6.45, 7) is 3.46. The highest BCUT2D eigenvalue weighted by Crippen LogP contribution is 2.39. The molecule has 3 fully saturated rings. The van der Waals surface area contributed by atoms with Gasteiger partial charge in [-0.05, 0) is 38.5 Å². The summed E-state index contributed by atoms with van der Waals surface area (Å²) in [4.78, 5) is 9.60.